The van der Waals surface area contributed by atoms with Crippen LogP contribution in [0.2, 0.25) is 0 Å². The van der Waals surface area contributed by atoms with Crippen molar-refractivity contribution in [3.05, 3.63) is 24.2 Å². The van der Waals surface area contributed by atoms with E-state index in [0.717, 1.165) is 12.8 Å². The van der Waals surface area contributed by atoms with Gasteiger partial charge in [0.15, 0.2) is 5.76 Å². The van der Waals surface area contributed by atoms with Crippen molar-refractivity contribution >= 4 is 11.8 Å². The molecule has 2 heterocycles. The van der Waals surface area contributed by atoms with E-state index in [1.807, 2.05) is 0 Å². The van der Waals surface area contributed by atoms with Crippen LogP contribution in [0.1, 0.15) is 23.4 Å². The van der Waals surface area contributed by atoms with Crippen LogP contribution in [0.3, 0.4) is 0 Å². The molecular weight excluding hydrogens is 220 g/mol. The average Bonchev–Trinajstić information content (AvgIpc) is 2.91. The van der Waals surface area contributed by atoms with Gasteiger partial charge in [-0.05, 0) is 25.0 Å². The minimum atomic E-state index is -0.136. The molecular formula is C12H16N2O3. The fourth-order valence-corrected chi connectivity index (χ4v) is 2.14. The molecule has 1 aliphatic rings. The van der Waals surface area contributed by atoms with Gasteiger partial charge in [-0.2, -0.15) is 0 Å². The molecule has 2 rings (SSSR count). The Labute approximate surface area is 99.8 Å². The fraction of sp³-hybridized carbons (Fsp3) is 0.500. The van der Waals surface area contributed by atoms with E-state index in [2.05, 4.69) is 5.32 Å². The van der Waals surface area contributed by atoms with Crippen molar-refractivity contribution in [2.24, 2.45) is 5.92 Å². The molecule has 0 aliphatic carbocycles. The Morgan fingerprint density at radius 3 is 3.00 bits per heavy atom. The zero-order valence-corrected chi connectivity index (χ0v) is 9.81. The summed E-state index contributed by atoms with van der Waals surface area (Å²) in [7, 11) is 1.62. The van der Waals surface area contributed by atoms with Crippen LogP contribution in [0.15, 0.2) is 22.8 Å². The first kappa shape index (κ1) is 11.7. The molecule has 2 amide bonds. The second-order valence-electron chi connectivity index (χ2n) is 4.18. The molecule has 1 N–H and O–H groups in total. The van der Waals surface area contributed by atoms with E-state index in [1.54, 1.807) is 24.1 Å². The summed E-state index contributed by atoms with van der Waals surface area (Å²) < 4.78 is 5.08. The molecule has 17 heavy (non-hydrogen) atoms. The van der Waals surface area contributed by atoms with Gasteiger partial charge in [0.1, 0.15) is 0 Å². The average molecular weight is 236 g/mol. The van der Waals surface area contributed by atoms with E-state index in [-0.39, 0.29) is 17.7 Å². The Morgan fingerprint density at radius 1 is 1.53 bits per heavy atom. The van der Waals surface area contributed by atoms with Gasteiger partial charge in [-0.3, -0.25) is 9.59 Å². The molecule has 1 saturated heterocycles. The number of nitrogens with one attached hydrogen (secondary N) is 1. The summed E-state index contributed by atoms with van der Waals surface area (Å²) in [6, 6.07) is 3.33. The smallest absolute Gasteiger partial charge is 0.289 e. The topological polar surface area (TPSA) is 62.6 Å². The first-order valence-electron chi connectivity index (χ1n) is 5.76. The van der Waals surface area contributed by atoms with Gasteiger partial charge in [0.2, 0.25) is 5.91 Å². The number of nitrogens with zero attached hydrogens (tertiary/aromatic N) is 1. The lowest BCUT2D eigenvalue weighted by Gasteiger charge is -2.31. The Bertz CT molecular complexity index is 400. The Morgan fingerprint density at radius 2 is 2.35 bits per heavy atom. The van der Waals surface area contributed by atoms with Gasteiger partial charge in [-0.1, -0.05) is 0 Å². The summed E-state index contributed by atoms with van der Waals surface area (Å²) in [6.45, 7) is 1.16. The zero-order valence-electron chi connectivity index (χ0n) is 9.81. The lowest BCUT2D eigenvalue weighted by Crippen LogP contribution is -2.44. The van der Waals surface area contributed by atoms with Gasteiger partial charge in [-0.15, -0.1) is 0 Å². The summed E-state index contributed by atoms with van der Waals surface area (Å²) in [5.41, 5.74) is 0. The second-order valence-corrected chi connectivity index (χ2v) is 4.18. The van der Waals surface area contributed by atoms with E-state index in [1.165, 1.54) is 6.26 Å². The second kappa shape index (κ2) is 5.03. The Hall–Kier alpha value is -1.78. The van der Waals surface area contributed by atoms with Gasteiger partial charge < -0.3 is 14.6 Å². The van der Waals surface area contributed by atoms with Crippen molar-refractivity contribution in [1.82, 2.24) is 10.2 Å². The minimum Gasteiger partial charge on any atom is -0.459 e. The van der Waals surface area contributed by atoms with Crippen molar-refractivity contribution < 1.29 is 14.0 Å². The van der Waals surface area contributed by atoms with Crippen LogP contribution in [0.4, 0.5) is 0 Å². The molecule has 1 aromatic heterocycles. The largest absolute Gasteiger partial charge is 0.459 e. The molecule has 0 bridgehead atoms. The van der Waals surface area contributed by atoms with Crippen LogP contribution in [-0.4, -0.2) is 36.9 Å². The molecule has 1 atom stereocenters. The predicted molar refractivity (Wildman–Crippen MR) is 61.4 cm³/mol. The minimum absolute atomic E-state index is 0.00180. The number of likely N-dealkylation sites (tertiary alicyclic amines) is 1. The monoisotopic (exact) mass is 236 g/mol. The summed E-state index contributed by atoms with van der Waals surface area (Å²) >= 11 is 0. The van der Waals surface area contributed by atoms with Gasteiger partial charge in [-0.25, -0.2) is 0 Å². The van der Waals surface area contributed by atoms with Crippen LogP contribution < -0.4 is 5.32 Å². The molecule has 5 nitrogen and oxygen atoms in total. The lowest BCUT2D eigenvalue weighted by atomic mass is 9.97. The number of furan rings is 1. The molecule has 5 heteroatoms. The van der Waals surface area contributed by atoms with Gasteiger partial charge in [0.05, 0.1) is 12.2 Å². The number of carbonyl (C=O) groups excluding carboxylic acids is 2. The normalized spacial score (nSPS) is 20.1. The zero-order chi connectivity index (χ0) is 12.3. The molecule has 92 valence electrons. The molecule has 0 aromatic carbocycles. The van der Waals surface area contributed by atoms with Crippen LogP contribution in [0.5, 0.6) is 0 Å². The Kier molecular flexibility index (Phi) is 3.46. The number of carbonyl (C=O) groups is 2. The number of rotatable bonds is 2. The van der Waals surface area contributed by atoms with E-state index >= 15 is 0 Å². The predicted octanol–water partition coefficient (Wildman–Crippen LogP) is 0.878. The van der Waals surface area contributed by atoms with Crippen LogP contribution >= 0.6 is 0 Å². The quantitative estimate of drug-likeness (QED) is 0.829. The van der Waals surface area contributed by atoms with Crippen molar-refractivity contribution in [3.63, 3.8) is 0 Å². The summed E-state index contributed by atoms with van der Waals surface area (Å²) in [5.74, 6) is 0.0979. The van der Waals surface area contributed by atoms with Crippen molar-refractivity contribution in [3.8, 4) is 0 Å². The van der Waals surface area contributed by atoms with E-state index < -0.39 is 0 Å². The standard InChI is InChI=1S/C12H16N2O3/c1-13-11(15)9-4-2-6-14(8-9)12(16)10-5-3-7-17-10/h3,5,7,9H,2,4,6,8H2,1H3,(H,13,15). The maximum absolute atomic E-state index is 12.0. The van der Waals surface area contributed by atoms with Gasteiger partial charge >= 0.3 is 0 Å². The van der Waals surface area contributed by atoms with E-state index in [0.29, 0.717) is 18.8 Å². The first-order chi connectivity index (χ1) is 8.22. The van der Waals surface area contributed by atoms with Crippen LogP contribution in [0, 0.1) is 5.92 Å². The van der Waals surface area contributed by atoms with Crippen LogP contribution in [0.25, 0.3) is 0 Å². The van der Waals surface area contributed by atoms with E-state index in [4.69, 9.17) is 4.42 Å². The molecule has 1 aliphatic heterocycles. The SMILES string of the molecule is CNC(=O)C1CCCN(C(=O)c2ccco2)C1. The third-order valence-corrected chi connectivity index (χ3v) is 3.06. The maximum atomic E-state index is 12.0. The summed E-state index contributed by atoms with van der Waals surface area (Å²) in [4.78, 5) is 25.2. The third kappa shape index (κ3) is 2.49. The van der Waals surface area contributed by atoms with Gasteiger partial charge in [0.25, 0.3) is 5.91 Å². The highest BCUT2D eigenvalue weighted by atomic mass is 16.3. The maximum Gasteiger partial charge on any atom is 0.289 e. The number of piperidine rings is 1. The molecule has 0 spiro atoms. The fourth-order valence-electron chi connectivity index (χ4n) is 2.14. The van der Waals surface area contributed by atoms with Gasteiger partial charge in [0, 0.05) is 20.1 Å². The molecule has 0 radical (unpaired) electrons. The number of amides is 2. The summed E-state index contributed by atoms with van der Waals surface area (Å²) in [6.07, 6.45) is 3.17. The molecule has 1 fully saturated rings. The first-order valence-corrected chi connectivity index (χ1v) is 5.76. The number of hydrogen-bond acceptors (Lipinski definition) is 3. The van der Waals surface area contributed by atoms with Crippen molar-refractivity contribution in [2.45, 2.75) is 12.8 Å². The highest BCUT2D eigenvalue weighted by Crippen LogP contribution is 2.18. The van der Waals surface area contributed by atoms with Crippen molar-refractivity contribution in [2.75, 3.05) is 20.1 Å². The van der Waals surface area contributed by atoms with Crippen molar-refractivity contribution in [1.29, 1.82) is 0 Å². The highest BCUT2D eigenvalue weighted by molar-refractivity contribution is 5.92. The Balaban J connectivity index is 2.02. The third-order valence-electron chi connectivity index (χ3n) is 3.06. The summed E-state index contributed by atoms with van der Waals surface area (Å²) in [5, 5.41) is 2.63. The molecule has 1 aromatic rings. The van der Waals surface area contributed by atoms with Crippen LogP contribution in [-0.2, 0) is 4.79 Å². The lowest BCUT2D eigenvalue weighted by molar-refractivity contribution is -0.125. The van der Waals surface area contributed by atoms with E-state index in [9.17, 15) is 9.59 Å². The highest BCUT2D eigenvalue weighted by Gasteiger charge is 2.29. The molecule has 1 unspecified atom stereocenters. The molecule has 0 saturated carbocycles. The number of hydrogen-bond donors (Lipinski definition) is 1.